The van der Waals surface area contributed by atoms with E-state index >= 15 is 0 Å². The minimum absolute atomic E-state index is 0.0114. The van der Waals surface area contributed by atoms with E-state index in [2.05, 4.69) is 26.1 Å². The first kappa shape index (κ1) is 16.3. The van der Waals surface area contributed by atoms with Crippen molar-refractivity contribution in [1.29, 1.82) is 0 Å². The molecule has 0 heterocycles. The van der Waals surface area contributed by atoms with Crippen LogP contribution in [0.4, 0.5) is 5.69 Å². The Labute approximate surface area is 121 Å². The fourth-order valence-electron chi connectivity index (χ4n) is 2.50. The van der Waals surface area contributed by atoms with Crippen molar-refractivity contribution in [3.63, 3.8) is 0 Å². The number of carbonyl (C=O) groups is 1. The maximum Gasteiger partial charge on any atom is 0.258 e. The van der Waals surface area contributed by atoms with E-state index in [0.717, 1.165) is 6.42 Å². The van der Waals surface area contributed by atoms with Gasteiger partial charge < -0.3 is 15.8 Å². The SMILES string of the molecule is CC(C)(C)CC(C)(C)NC(=O)COc1ccc(N)cc1. The molecule has 1 aromatic carbocycles. The largest absolute Gasteiger partial charge is 0.484 e. The highest BCUT2D eigenvalue weighted by molar-refractivity contribution is 5.78. The molecule has 0 spiro atoms. The predicted molar refractivity (Wildman–Crippen MR) is 82.6 cm³/mol. The fourth-order valence-corrected chi connectivity index (χ4v) is 2.50. The highest BCUT2D eigenvalue weighted by Gasteiger charge is 2.26. The third-order valence-electron chi connectivity index (χ3n) is 2.70. The van der Waals surface area contributed by atoms with Crippen LogP contribution in [0.5, 0.6) is 5.75 Å². The molecule has 1 amide bonds. The van der Waals surface area contributed by atoms with Gasteiger partial charge in [0.1, 0.15) is 5.75 Å². The van der Waals surface area contributed by atoms with Gasteiger partial charge >= 0.3 is 0 Å². The molecule has 4 heteroatoms. The molecule has 0 aromatic heterocycles. The number of anilines is 1. The maximum absolute atomic E-state index is 11.9. The Morgan fingerprint density at radius 1 is 1.15 bits per heavy atom. The van der Waals surface area contributed by atoms with E-state index in [0.29, 0.717) is 11.4 Å². The number of hydrogen-bond donors (Lipinski definition) is 2. The molecule has 20 heavy (non-hydrogen) atoms. The monoisotopic (exact) mass is 278 g/mol. The number of nitrogens with two attached hydrogens (primary N) is 1. The Kier molecular flexibility index (Phi) is 5.03. The van der Waals surface area contributed by atoms with Crippen molar-refractivity contribution in [3.05, 3.63) is 24.3 Å². The highest BCUT2D eigenvalue weighted by Crippen LogP contribution is 2.26. The highest BCUT2D eigenvalue weighted by atomic mass is 16.5. The molecular formula is C16H26N2O2. The number of amides is 1. The van der Waals surface area contributed by atoms with Gasteiger partial charge in [-0.2, -0.15) is 0 Å². The summed E-state index contributed by atoms with van der Waals surface area (Å²) in [4.78, 5) is 11.9. The molecule has 1 rings (SSSR count). The number of benzene rings is 1. The van der Waals surface area contributed by atoms with Crippen molar-refractivity contribution < 1.29 is 9.53 Å². The minimum atomic E-state index is -0.250. The van der Waals surface area contributed by atoms with Gasteiger partial charge in [0.15, 0.2) is 6.61 Å². The first-order valence-corrected chi connectivity index (χ1v) is 6.87. The fraction of sp³-hybridized carbons (Fsp3) is 0.562. The summed E-state index contributed by atoms with van der Waals surface area (Å²) in [5, 5.41) is 3.01. The van der Waals surface area contributed by atoms with Gasteiger partial charge in [-0.3, -0.25) is 4.79 Å². The van der Waals surface area contributed by atoms with Gasteiger partial charge in [-0.15, -0.1) is 0 Å². The third-order valence-corrected chi connectivity index (χ3v) is 2.70. The first-order valence-electron chi connectivity index (χ1n) is 6.87. The second-order valence-electron chi connectivity index (χ2n) is 7.03. The number of rotatable bonds is 5. The summed E-state index contributed by atoms with van der Waals surface area (Å²) >= 11 is 0. The lowest BCUT2D eigenvalue weighted by Gasteiger charge is -2.33. The van der Waals surface area contributed by atoms with Crippen LogP contribution in [0, 0.1) is 5.41 Å². The van der Waals surface area contributed by atoms with Crippen molar-refractivity contribution in [2.45, 2.75) is 46.6 Å². The molecular weight excluding hydrogens is 252 g/mol. The molecule has 0 aliphatic rings. The molecule has 0 fully saturated rings. The molecule has 4 nitrogen and oxygen atoms in total. The smallest absolute Gasteiger partial charge is 0.258 e. The maximum atomic E-state index is 11.9. The summed E-state index contributed by atoms with van der Waals surface area (Å²) < 4.78 is 5.43. The van der Waals surface area contributed by atoms with E-state index in [-0.39, 0.29) is 23.5 Å². The van der Waals surface area contributed by atoms with Gasteiger partial charge in [0.25, 0.3) is 5.91 Å². The molecule has 0 radical (unpaired) electrons. The Balaban J connectivity index is 2.45. The molecule has 0 saturated carbocycles. The zero-order valence-corrected chi connectivity index (χ0v) is 13.1. The van der Waals surface area contributed by atoms with E-state index in [1.807, 2.05) is 13.8 Å². The van der Waals surface area contributed by atoms with Crippen LogP contribution in [0.2, 0.25) is 0 Å². The Morgan fingerprint density at radius 3 is 2.20 bits per heavy atom. The standard InChI is InChI=1S/C16H26N2O2/c1-15(2,3)11-16(4,5)18-14(19)10-20-13-8-6-12(17)7-9-13/h6-9H,10-11,17H2,1-5H3,(H,18,19). The molecule has 0 saturated heterocycles. The molecule has 0 aliphatic carbocycles. The Bertz CT molecular complexity index is 445. The van der Waals surface area contributed by atoms with Crippen molar-refractivity contribution in [2.24, 2.45) is 5.41 Å². The average molecular weight is 278 g/mol. The summed E-state index contributed by atoms with van der Waals surface area (Å²) in [5.74, 6) is 0.527. The average Bonchev–Trinajstić information content (AvgIpc) is 2.24. The lowest BCUT2D eigenvalue weighted by Crippen LogP contribution is -2.47. The summed E-state index contributed by atoms with van der Waals surface area (Å²) in [5.41, 5.74) is 6.18. The lowest BCUT2D eigenvalue weighted by molar-refractivity contribution is -0.125. The van der Waals surface area contributed by atoms with E-state index in [1.54, 1.807) is 24.3 Å². The molecule has 3 N–H and O–H groups in total. The van der Waals surface area contributed by atoms with Gasteiger partial charge in [0.2, 0.25) is 0 Å². The van der Waals surface area contributed by atoms with E-state index < -0.39 is 0 Å². The summed E-state index contributed by atoms with van der Waals surface area (Å²) in [7, 11) is 0. The molecule has 0 bridgehead atoms. The van der Waals surface area contributed by atoms with Gasteiger partial charge in [-0.1, -0.05) is 20.8 Å². The second-order valence-corrected chi connectivity index (χ2v) is 7.03. The number of nitrogen functional groups attached to an aromatic ring is 1. The van der Waals surface area contributed by atoms with Crippen molar-refractivity contribution in [3.8, 4) is 5.75 Å². The summed E-state index contributed by atoms with van der Waals surface area (Å²) in [6, 6.07) is 7.00. The van der Waals surface area contributed by atoms with E-state index in [4.69, 9.17) is 10.5 Å². The van der Waals surface area contributed by atoms with E-state index in [9.17, 15) is 4.79 Å². The Hall–Kier alpha value is -1.71. The molecule has 0 aliphatic heterocycles. The minimum Gasteiger partial charge on any atom is -0.484 e. The Morgan fingerprint density at radius 2 is 1.70 bits per heavy atom. The normalized spacial score (nSPS) is 12.1. The number of nitrogens with one attached hydrogen (secondary N) is 1. The van der Waals surface area contributed by atoms with Crippen molar-refractivity contribution >= 4 is 11.6 Å². The molecule has 0 atom stereocenters. The number of ether oxygens (including phenoxy) is 1. The summed E-state index contributed by atoms with van der Waals surface area (Å²) in [6.45, 7) is 10.5. The van der Waals surface area contributed by atoms with Crippen LogP contribution in [0.3, 0.4) is 0 Å². The van der Waals surface area contributed by atoms with Crippen LogP contribution in [0.25, 0.3) is 0 Å². The third kappa shape index (κ3) is 6.45. The second kappa shape index (κ2) is 6.16. The molecule has 1 aromatic rings. The topological polar surface area (TPSA) is 64.3 Å². The van der Waals surface area contributed by atoms with Gasteiger partial charge in [-0.05, 0) is 49.9 Å². The first-order chi connectivity index (χ1) is 9.07. The van der Waals surface area contributed by atoms with Crippen LogP contribution in [0.1, 0.15) is 41.0 Å². The van der Waals surface area contributed by atoms with Gasteiger partial charge in [-0.25, -0.2) is 0 Å². The molecule has 0 unspecified atom stereocenters. The van der Waals surface area contributed by atoms with E-state index in [1.165, 1.54) is 0 Å². The van der Waals surface area contributed by atoms with Gasteiger partial charge in [0.05, 0.1) is 0 Å². The quantitative estimate of drug-likeness (QED) is 0.814. The zero-order chi connectivity index (χ0) is 15.4. The molecule has 112 valence electrons. The van der Waals surface area contributed by atoms with Gasteiger partial charge in [0, 0.05) is 11.2 Å². The summed E-state index contributed by atoms with van der Waals surface area (Å²) in [6.07, 6.45) is 0.896. The zero-order valence-electron chi connectivity index (χ0n) is 13.1. The van der Waals surface area contributed by atoms with Crippen LogP contribution < -0.4 is 15.8 Å². The number of hydrogen-bond acceptors (Lipinski definition) is 3. The van der Waals surface area contributed by atoms with Crippen molar-refractivity contribution in [2.75, 3.05) is 12.3 Å². The van der Waals surface area contributed by atoms with Crippen LogP contribution in [0.15, 0.2) is 24.3 Å². The number of carbonyl (C=O) groups excluding carboxylic acids is 1. The van der Waals surface area contributed by atoms with Crippen LogP contribution >= 0.6 is 0 Å². The predicted octanol–water partition coefficient (Wildman–Crippen LogP) is 2.98. The lowest BCUT2D eigenvalue weighted by atomic mass is 9.82. The van der Waals surface area contributed by atoms with Crippen molar-refractivity contribution in [1.82, 2.24) is 5.32 Å². The van der Waals surface area contributed by atoms with Crippen LogP contribution in [-0.2, 0) is 4.79 Å². The van der Waals surface area contributed by atoms with Crippen LogP contribution in [-0.4, -0.2) is 18.1 Å².